The van der Waals surface area contributed by atoms with Gasteiger partial charge in [0.1, 0.15) is 11.3 Å². The van der Waals surface area contributed by atoms with E-state index in [0.29, 0.717) is 42.9 Å². The van der Waals surface area contributed by atoms with Gasteiger partial charge in [-0.25, -0.2) is 9.78 Å². The Hall–Kier alpha value is -3.06. The normalized spacial score (nSPS) is 11.8. The molecule has 0 fully saturated rings. The van der Waals surface area contributed by atoms with Gasteiger partial charge >= 0.3 is 6.09 Å². The highest BCUT2D eigenvalue weighted by molar-refractivity contribution is 6.42. The Morgan fingerprint density at radius 1 is 0.939 bits per heavy atom. The summed E-state index contributed by atoms with van der Waals surface area (Å²) in [6, 6.07) is 15.5. The number of ether oxygens (including phenoxy) is 1. The molecule has 0 bridgehead atoms. The molecule has 1 atom stereocenters. The average Bonchev–Trinajstić information content (AvgIpc) is 2.82. The molecule has 0 aliphatic heterocycles. The molecule has 1 amide bonds. The Balaban J connectivity index is 1.99. The van der Waals surface area contributed by atoms with E-state index in [0.717, 1.165) is 0 Å². The van der Waals surface area contributed by atoms with E-state index in [9.17, 15) is 4.79 Å². The minimum atomic E-state index is -0.611. The number of fused-ring (bicyclic) bond motifs is 1. The molecular weight excluding hydrogens is 483 g/mol. The highest BCUT2D eigenvalue weighted by Crippen LogP contribution is 2.43. The number of carbonyl (C=O) groups excluding carboxylic acids is 1. The summed E-state index contributed by atoms with van der Waals surface area (Å²) in [5.41, 5.74) is 1.65. The molecule has 0 spiro atoms. The molecule has 1 N–H and O–H groups in total. The van der Waals surface area contributed by atoms with Gasteiger partial charge in [0.25, 0.3) is 0 Å². The number of halogens is 3. The van der Waals surface area contributed by atoms with Crippen molar-refractivity contribution in [2.75, 3.05) is 19.4 Å². The maximum absolute atomic E-state index is 12.6. The van der Waals surface area contributed by atoms with E-state index in [4.69, 9.17) is 39.5 Å². The van der Waals surface area contributed by atoms with Crippen LogP contribution >= 0.6 is 34.8 Å². The zero-order valence-electron chi connectivity index (χ0n) is 17.7. The van der Waals surface area contributed by atoms with E-state index in [2.05, 4.69) is 15.3 Å². The molecule has 33 heavy (non-hydrogen) atoms. The summed E-state index contributed by atoms with van der Waals surface area (Å²) in [6.07, 6.45) is 2.73. The molecule has 0 aliphatic rings. The van der Waals surface area contributed by atoms with E-state index in [1.54, 1.807) is 50.8 Å². The molecular formula is C24H19Cl3N4O2. The Bertz CT molecular complexity index is 1320. The maximum Gasteiger partial charge on any atom is 0.414 e. The molecule has 4 rings (SSSR count). The second kappa shape index (κ2) is 9.83. The van der Waals surface area contributed by atoms with E-state index in [1.165, 1.54) is 4.90 Å². The molecule has 0 aliphatic carbocycles. The van der Waals surface area contributed by atoms with E-state index < -0.39 is 12.1 Å². The summed E-state index contributed by atoms with van der Waals surface area (Å²) in [5.74, 6) is 0.846. The lowest BCUT2D eigenvalue weighted by Gasteiger charge is -2.25. The van der Waals surface area contributed by atoms with Gasteiger partial charge in [-0.1, -0.05) is 53.0 Å². The largest absolute Gasteiger partial charge is 0.414 e. The molecule has 0 saturated heterocycles. The van der Waals surface area contributed by atoms with Crippen LogP contribution in [0.15, 0.2) is 67.0 Å². The number of carbonyl (C=O) groups is 1. The summed E-state index contributed by atoms with van der Waals surface area (Å²) < 4.78 is 5.81. The van der Waals surface area contributed by atoms with Crippen LogP contribution in [0.5, 0.6) is 5.75 Å². The van der Waals surface area contributed by atoms with Crippen molar-refractivity contribution in [2.24, 2.45) is 0 Å². The van der Waals surface area contributed by atoms with Crippen molar-refractivity contribution in [2.45, 2.75) is 6.04 Å². The maximum atomic E-state index is 12.6. The Morgan fingerprint density at radius 3 is 2.45 bits per heavy atom. The molecule has 1 unspecified atom stereocenters. The quantitative estimate of drug-likeness (QED) is 0.324. The standard InChI is InChI=1S/C24H19Cl3N4O2/c1-31(2)24(32)33-23-16(13-18(26)14-8-6-12-29-22(14)23)21(30-19-10-3-4-11-28-19)15-7-5-9-17(25)20(15)27/h3-13,21H,1-2H3,(H,28,30). The number of pyridine rings is 2. The predicted molar refractivity (Wildman–Crippen MR) is 133 cm³/mol. The topological polar surface area (TPSA) is 67.3 Å². The zero-order valence-corrected chi connectivity index (χ0v) is 20.0. The second-order valence-electron chi connectivity index (χ2n) is 7.37. The third-order valence-corrected chi connectivity index (χ3v) is 6.09. The van der Waals surface area contributed by atoms with E-state index in [1.807, 2.05) is 30.3 Å². The summed E-state index contributed by atoms with van der Waals surface area (Å²) in [4.78, 5) is 22.8. The third-order valence-electron chi connectivity index (χ3n) is 4.94. The number of aromatic nitrogens is 2. The fraction of sp³-hybridized carbons (Fsp3) is 0.125. The highest BCUT2D eigenvalue weighted by Gasteiger charge is 2.27. The summed E-state index contributed by atoms with van der Waals surface area (Å²) in [6.45, 7) is 0. The molecule has 0 radical (unpaired) electrons. The molecule has 4 aromatic rings. The number of anilines is 1. The van der Waals surface area contributed by atoms with Gasteiger partial charge in [-0.15, -0.1) is 0 Å². The fourth-order valence-electron chi connectivity index (χ4n) is 3.36. The number of nitrogens with one attached hydrogen (secondary N) is 1. The number of amides is 1. The van der Waals surface area contributed by atoms with Gasteiger partial charge in [-0.05, 0) is 42.0 Å². The Kier molecular flexibility index (Phi) is 6.88. The molecule has 2 heterocycles. The molecule has 0 saturated carbocycles. The van der Waals surface area contributed by atoms with Crippen LogP contribution in [-0.2, 0) is 0 Å². The highest BCUT2D eigenvalue weighted by atomic mass is 35.5. The van der Waals surface area contributed by atoms with Crippen LogP contribution in [0.25, 0.3) is 10.9 Å². The van der Waals surface area contributed by atoms with E-state index in [-0.39, 0.29) is 5.75 Å². The van der Waals surface area contributed by atoms with Gasteiger partial charge in [0.15, 0.2) is 5.75 Å². The number of hydrogen-bond acceptors (Lipinski definition) is 5. The summed E-state index contributed by atoms with van der Waals surface area (Å²) in [7, 11) is 3.20. The molecule has 2 aromatic carbocycles. The van der Waals surface area contributed by atoms with Crippen LogP contribution in [0.2, 0.25) is 15.1 Å². The van der Waals surface area contributed by atoms with Gasteiger partial charge in [0.05, 0.1) is 21.1 Å². The first-order valence-corrected chi connectivity index (χ1v) is 11.1. The second-order valence-corrected chi connectivity index (χ2v) is 8.57. The molecule has 168 valence electrons. The lowest BCUT2D eigenvalue weighted by atomic mass is 9.96. The summed E-state index contributed by atoms with van der Waals surface area (Å²) in [5, 5.41) is 5.21. The van der Waals surface area contributed by atoms with Crippen LogP contribution in [0, 0.1) is 0 Å². The van der Waals surface area contributed by atoms with Crippen LogP contribution in [0.3, 0.4) is 0 Å². The van der Waals surface area contributed by atoms with Crippen molar-refractivity contribution >= 4 is 57.6 Å². The van der Waals surface area contributed by atoms with Gasteiger partial charge in [0, 0.05) is 37.4 Å². The number of nitrogens with zero attached hydrogens (tertiary/aromatic N) is 3. The SMILES string of the molecule is CN(C)C(=O)Oc1c(C(Nc2ccccn2)c2cccc(Cl)c2Cl)cc(Cl)c2cccnc12. The number of hydrogen-bond donors (Lipinski definition) is 1. The molecule has 6 nitrogen and oxygen atoms in total. The monoisotopic (exact) mass is 500 g/mol. The zero-order chi connectivity index (χ0) is 23.5. The Labute approximate surface area is 206 Å². The van der Waals surface area contributed by atoms with Crippen molar-refractivity contribution in [1.29, 1.82) is 0 Å². The van der Waals surface area contributed by atoms with Crippen molar-refractivity contribution in [3.8, 4) is 5.75 Å². The Morgan fingerprint density at radius 2 is 1.73 bits per heavy atom. The first kappa shape index (κ1) is 23.1. The lowest BCUT2D eigenvalue weighted by Crippen LogP contribution is -2.26. The average molecular weight is 502 g/mol. The van der Waals surface area contributed by atoms with Gasteiger partial charge in [-0.2, -0.15) is 0 Å². The van der Waals surface area contributed by atoms with Gasteiger partial charge < -0.3 is 15.0 Å². The van der Waals surface area contributed by atoms with Crippen LogP contribution < -0.4 is 10.1 Å². The molecule has 2 aromatic heterocycles. The fourth-order valence-corrected chi connectivity index (χ4v) is 4.05. The van der Waals surface area contributed by atoms with Gasteiger partial charge in [-0.3, -0.25) is 4.98 Å². The first-order chi connectivity index (χ1) is 15.9. The number of rotatable bonds is 5. The predicted octanol–water partition coefficient (Wildman–Crippen LogP) is 6.85. The third kappa shape index (κ3) is 4.83. The van der Waals surface area contributed by atoms with E-state index >= 15 is 0 Å². The van der Waals surface area contributed by atoms with Gasteiger partial charge in [0.2, 0.25) is 0 Å². The molecule has 9 heteroatoms. The summed E-state index contributed by atoms with van der Waals surface area (Å²) >= 11 is 19.6. The van der Waals surface area contributed by atoms with Crippen LogP contribution in [0.1, 0.15) is 17.2 Å². The van der Waals surface area contributed by atoms with Crippen molar-refractivity contribution in [1.82, 2.24) is 14.9 Å². The number of benzene rings is 2. The smallest absolute Gasteiger partial charge is 0.407 e. The van der Waals surface area contributed by atoms with Crippen molar-refractivity contribution < 1.29 is 9.53 Å². The minimum absolute atomic E-state index is 0.262. The van der Waals surface area contributed by atoms with Crippen molar-refractivity contribution in [3.63, 3.8) is 0 Å². The first-order valence-electron chi connectivity index (χ1n) is 9.94. The van der Waals surface area contributed by atoms with Crippen LogP contribution in [-0.4, -0.2) is 35.1 Å². The minimum Gasteiger partial charge on any atom is -0.407 e. The van der Waals surface area contributed by atoms with Crippen molar-refractivity contribution in [3.05, 3.63) is 93.2 Å². The lowest BCUT2D eigenvalue weighted by molar-refractivity contribution is 0.172. The van der Waals surface area contributed by atoms with Crippen LogP contribution in [0.4, 0.5) is 10.6 Å².